The number of benzene rings is 2. The highest BCUT2D eigenvalue weighted by molar-refractivity contribution is 5.96. The van der Waals surface area contributed by atoms with Crippen molar-refractivity contribution < 1.29 is 9.21 Å². The van der Waals surface area contributed by atoms with Gasteiger partial charge in [0, 0.05) is 42.5 Å². The molecule has 172 valence electrons. The highest BCUT2D eigenvalue weighted by atomic mass is 16.3. The Morgan fingerprint density at radius 1 is 1.03 bits per heavy atom. The second kappa shape index (κ2) is 11.0. The van der Waals surface area contributed by atoms with Gasteiger partial charge in [0.25, 0.3) is 5.91 Å². The fraction of sp³-hybridized carbons (Fsp3) is 0.357. The zero-order chi connectivity index (χ0) is 23.0. The van der Waals surface area contributed by atoms with Gasteiger partial charge in [-0.05, 0) is 80.6 Å². The number of aliphatic imine (C=N–C) groups is 1. The Morgan fingerprint density at radius 2 is 1.85 bits per heavy atom. The molecule has 1 N–H and O–H groups in total. The second-order valence-corrected chi connectivity index (χ2v) is 8.42. The summed E-state index contributed by atoms with van der Waals surface area (Å²) >= 11 is 0. The molecule has 0 saturated heterocycles. The topological polar surface area (TPSA) is 57.8 Å². The molecule has 1 aliphatic rings. The first-order chi connectivity index (χ1) is 16.2. The normalized spacial score (nSPS) is 14.4. The highest BCUT2D eigenvalue weighted by Gasteiger charge is 2.23. The van der Waals surface area contributed by atoms with E-state index in [0.717, 1.165) is 36.4 Å². The van der Waals surface area contributed by atoms with Crippen molar-refractivity contribution in [1.82, 2.24) is 4.90 Å². The first kappa shape index (κ1) is 22.8. The lowest BCUT2D eigenvalue weighted by atomic mass is 9.83. The Hall–Kier alpha value is -3.34. The van der Waals surface area contributed by atoms with Crippen molar-refractivity contribution in [1.29, 1.82) is 0 Å². The number of anilines is 1. The molecule has 2 aromatic carbocycles. The Morgan fingerprint density at radius 3 is 2.52 bits per heavy atom. The van der Waals surface area contributed by atoms with Crippen LogP contribution in [0.3, 0.4) is 0 Å². The van der Waals surface area contributed by atoms with E-state index in [0.29, 0.717) is 19.6 Å². The van der Waals surface area contributed by atoms with Crippen molar-refractivity contribution in [3.05, 3.63) is 89.4 Å². The minimum absolute atomic E-state index is 0.0854. The standard InChI is InChI=1S/C28H33N3O2/c1-3-31(4-2)28(32)22-15-13-21(14-16-22)27(26-12-5-6-17-29-26)23-9-7-10-24(19-23)30-20-25-11-8-18-33-25/h7-11,13-16,18-19,27,30H,3-6,12,17,20H2,1-2H3. The summed E-state index contributed by atoms with van der Waals surface area (Å²) in [5.74, 6) is 1.08. The molecule has 3 aromatic rings. The van der Waals surface area contributed by atoms with Crippen molar-refractivity contribution in [2.75, 3.05) is 25.0 Å². The summed E-state index contributed by atoms with van der Waals surface area (Å²) < 4.78 is 5.45. The van der Waals surface area contributed by atoms with Gasteiger partial charge in [-0.2, -0.15) is 0 Å². The molecule has 0 spiro atoms. The van der Waals surface area contributed by atoms with Gasteiger partial charge in [-0.25, -0.2) is 0 Å². The van der Waals surface area contributed by atoms with Crippen LogP contribution < -0.4 is 5.32 Å². The number of hydrogen-bond donors (Lipinski definition) is 1. The molecule has 4 rings (SSSR count). The van der Waals surface area contributed by atoms with Gasteiger partial charge in [0.1, 0.15) is 5.76 Å². The molecule has 5 nitrogen and oxygen atoms in total. The van der Waals surface area contributed by atoms with Crippen LogP contribution in [0.25, 0.3) is 0 Å². The van der Waals surface area contributed by atoms with Crippen LogP contribution in [0.4, 0.5) is 5.69 Å². The van der Waals surface area contributed by atoms with Gasteiger partial charge in [-0.15, -0.1) is 0 Å². The average molecular weight is 444 g/mol. The second-order valence-electron chi connectivity index (χ2n) is 8.42. The number of nitrogens with zero attached hydrogens (tertiary/aromatic N) is 2. The summed E-state index contributed by atoms with van der Waals surface area (Å²) in [5, 5.41) is 3.46. The molecule has 1 amide bonds. The zero-order valence-corrected chi connectivity index (χ0v) is 19.6. The molecule has 1 aliphatic heterocycles. The van der Waals surface area contributed by atoms with E-state index in [1.54, 1.807) is 6.26 Å². The van der Waals surface area contributed by atoms with Gasteiger partial charge in [0.15, 0.2) is 0 Å². The Balaban J connectivity index is 1.62. The molecule has 33 heavy (non-hydrogen) atoms. The summed E-state index contributed by atoms with van der Waals surface area (Å²) in [6.45, 7) is 6.99. The van der Waals surface area contributed by atoms with E-state index in [4.69, 9.17) is 9.41 Å². The average Bonchev–Trinajstić information content (AvgIpc) is 3.39. The maximum absolute atomic E-state index is 12.8. The molecule has 0 bridgehead atoms. The van der Waals surface area contributed by atoms with Gasteiger partial charge in [-0.1, -0.05) is 24.3 Å². The maximum atomic E-state index is 12.8. The maximum Gasteiger partial charge on any atom is 0.253 e. The van der Waals surface area contributed by atoms with Crippen molar-refractivity contribution in [2.45, 2.75) is 45.6 Å². The van der Waals surface area contributed by atoms with Crippen LogP contribution in [-0.4, -0.2) is 36.2 Å². The predicted molar refractivity (Wildman–Crippen MR) is 134 cm³/mol. The van der Waals surface area contributed by atoms with Crippen LogP contribution in [0.15, 0.2) is 76.3 Å². The van der Waals surface area contributed by atoms with Gasteiger partial charge < -0.3 is 14.6 Å². The summed E-state index contributed by atoms with van der Waals surface area (Å²) in [6, 6.07) is 20.6. The van der Waals surface area contributed by atoms with Crippen molar-refractivity contribution in [2.24, 2.45) is 4.99 Å². The lowest BCUT2D eigenvalue weighted by Gasteiger charge is -2.24. The smallest absolute Gasteiger partial charge is 0.253 e. The monoisotopic (exact) mass is 443 g/mol. The number of carbonyl (C=O) groups excluding carboxylic acids is 1. The zero-order valence-electron chi connectivity index (χ0n) is 19.6. The number of rotatable bonds is 9. The molecule has 0 saturated carbocycles. The van der Waals surface area contributed by atoms with Crippen LogP contribution in [0.1, 0.15) is 66.3 Å². The lowest BCUT2D eigenvalue weighted by Crippen LogP contribution is -2.30. The van der Waals surface area contributed by atoms with E-state index in [-0.39, 0.29) is 11.8 Å². The molecule has 1 unspecified atom stereocenters. The van der Waals surface area contributed by atoms with Gasteiger partial charge in [0.05, 0.1) is 12.8 Å². The van der Waals surface area contributed by atoms with E-state index >= 15 is 0 Å². The molecule has 0 aliphatic carbocycles. The number of hydrogen-bond acceptors (Lipinski definition) is 4. The van der Waals surface area contributed by atoms with Crippen LogP contribution in [-0.2, 0) is 6.54 Å². The predicted octanol–water partition coefficient (Wildman–Crippen LogP) is 6.13. The summed E-state index contributed by atoms with van der Waals surface area (Å²) in [5.41, 5.74) is 5.41. The highest BCUT2D eigenvalue weighted by Crippen LogP contribution is 2.32. The molecule has 1 atom stereocenters. The Kier molecular flexibility index (Phi) is 7.61. The summed E-state index contributed by atoms with van der Waals surface area (Å²) in [4.78, 5) is 19.5. The van der Waals surface area contributed by atoms with Crippen LogP contribution in [0.2, 0.25) is 0 Å². The van der Waals surface area contributed by atoms with Crippen molar-refractivity contribution in [3.8, 4) is 0 Å². The van der Waals surface area contributed by atoms with E-state index in [9.17, 15) is 4.79 Å². The van der Waals surface area contributed by atoms with E-state index in [1.165, 1.54) is 23.3 Å². The Bertz CT molecular complexity index is 1070. The van der Waals surface area contributed by atoms with Crippen LogP contribution in [0.5, 0.6) is 0 Å². The number of furan rings is 1. The third-order valence-corrected chi connectivity index (χ3v) is 6.30. The van der Waals surface area contributed by atoms with Crippen LogP contribution >= 0.6 is 0 Å². The minimum Gasteiger partial charge on any atom is -0.467 e. The first-order valence-electron chi connectivity index (χ1n) is 12.0. The lowest BCUT2D eigenvalue weighted by molar-refractivity contribution is 0.0773. The molecule has 1 aromatic heterocycles. The molecule has 0 fully saturated rings. The molecule has 0 radical (unpaired) electrons. The van der Waals surface area contributed by atoms with Crippen molar-refractivity contribution in [3.63, 3.8) is 0 Å². The SMILES string of the molecule is CCN(CC)C(=O)c1ccc(C(C2=NCCCC2)c2cccc(NCc3ccco3)c2)cc1. The number of carbonyl (C=O) groups is 1. The van der Waals surface area contributed by atoms with Gasteiger partial charge in [-0.3, -0.25) is 9.79 Å². The third-order valence-electron chi connectivity index (χ3n) is 6.30. The van der Waals surface area contributed by atoms with Crippen molar-refractivity contribution >= 4 is 17.3 Å². The largest absolute Gasteiger partial charge is 0.467 e. The summed E-state index contributed by atoms with van der Waals surface area (Å²) in [6.07, 6.45) is 5.02. The summed E-state index contributed by atoms with van der Waals surface area (Å²) in [7, 11) is 0. The fourth-order valence-corrected chi connectivity index (χ4v) is 4.47. The van der Waals surface area contributed by atoms with Gasteiger partial charge >= 0.3 is 0 Å². The van der Waals surface area contributed by atoms with E-state index in [2.05, 4.69) is 41.7 Å². The van der Waals surface area contributed by atoms with Gasteiger partial charge in [0.2, 0.25) is 0 Å². The van der Waals surface area contributed by atoms with E-state index < -0.39 is 0 Å². The van der Waals surface area contributed by atoms with Crippen LogP contribution in [0, 0.1) is 0 Å². The third kappa shape index (κ3) is 5.54. The molecule has 5 heteroatoms. The van der Waals surface area contributed by atoms with E-state index in [1.807, 2.05) is 43.0 Å². The molecule has 2 heterocycles. The Labute approximate surface area is 196 Å². The number of nitrogens with one attached hydrogen (secondary N) is 1. The fourth-order valence-electron chi connectivity index (χ4n) is 4.47. The first-order valence-corrected chi connectivity index (χ1v) is 12.0. The molecular weight excluding hydrogens is 410 g/mol. The quantitative estimate of drug-likeness (QED) is 0.433. The molecular formula is C28H33N3O2. The minimum atomic E-state index is 0.0854. The number of amides is 1.